The van der Waals surface area contributed by atoms with Crippen LogP contribution in [0.5, 0.6) is 11.5 Å². The van der Waals surface area contributed by atoms with Crippen LogP contribution in [0.1, 0.15) is 18.1 Å². The van der Waals surface area contributed by atoms with Crippen LogP contribution in [0.4, 0.5) is 11.4 Å². The van der Waals surface area contributed by atoms with Gasteiger partial charge in [-0.05, 0) is 50.3 Å². The lowest BCUT2D eigenvalue weighted by molar-refractivity contribution is -0.122. The Labute approximate surface area is 151 Å². The zero-order valence-corrected chi connectivity index (χ0v) is 14.8. The van der Waals surface area contributed by atoms with Gasteiger partial charge in [0.25, 0.3) is 5.91 Å². The number of anilines is 2. The van der Waals surface area contributed by atoms with Gasteiger partial charge in [-0.15, -0.1) is 0 Å². The minimum absolute atomic E-state index is 0.215. The van der Waals surface area contributed by atoms with Gasteiger partial charge in [0.05, 0.1) is 12.8 Å². The maximum absolute atomic E-state index is 12.2. The summed E-state index contributed by atoms with van der Waals surface area (Å²) in [5.74, 6) is 0.773. The molecule has 2 aromatic carbocycles. The fourth-order valence-corrected chi connectivity index (χ4v) is 2.62. The summed E-state index contributed by atoms with van der Waals surface area (Å²) in [4.78, 5) is 23.9. The summed E-state index contributed by atoms with van der Waals surface area (Å²) in [7, 11) is 1.59. The molecule has 1 atom stereocenters. The normalized spacial score (nSPS) is 15.8. The van der Waals surface area contributed by atoms with Gasteiger partial charge >= 0.3 is 0 Å². The molecule has 6 heteroatoms. The van der Waals surface area contributed by atoms with E-state index in [1.807, 2.05) is 25.1 Å². The van der Waals surface area contributed by atoms with Gasteiger partial charge < -0.3 is 20.1 Å². The molecule has 0 aliphatic carbocycles. The molecule has 1 unspecified atom stereocenters. The lowest BCUT2D eigenvalue weighted by Crippen LogP contribution is -2.34. The predicted octanol–water partition coefficient (Wildman–Crippen LogP) is 3.37. The quantitative estimate of drug-likeness (QED) is 0.827. The van der Waals surface area contributed by atoms with Gasteiger partial charge in [0.15, 0.2) is 6.10 Å². The minimum Gasteiger partial charge on any atom is -0.496 e. The summed E-state index contributed by atoms with van der Waals surface area (Å²) in [6, 6.07) is 10.9. The zero-order chi connectivity index (χ0) is 18.7. The lowest BCUT2D eigenvalue weighted by atomic mass is 10.1. The van der Waals surface area contributed by atoms with Crippen molar-refractivity contribution >= 4 is 29.3 Å². The Balaban J connectivity index is 1.72. The van der Waals surface area contributed by atoms with Crippen molar-refractivity contribution in [2.24, 2.45) is 0 Å². The Morgan fingerprint density at radius 2 is 2.08 bits per heavy atom. The third-order valence-electron chi connectivity index (χ3n) is 3.98. The number of ether oxygens (including phenoxy) is 2. The molecule has 134 valence electrons. The number of nitrogens with one attached hydrogen (secondary N) is 2. The monoisotopic (exact) mass is 352 g/mol. The number of rotatable bonds is 4. The molecular formula is C20H20N2O4. The van der Waals surface area contributed by atoms with Crippen LogP contribution < -0.4 is 20.1 Å². The third kappa shape index (κ3) is 3.85. The van der Waals surface area contributed by atoms with E-state index in [0.29, 0.717) is 22.9 Å². The van der Waals surface area contributed by atoms with Crippen LogP contribution in [-0.2, 0) is 9.59 Å². The Morgan fingerprint density at radius 1 is 1.27 bits per heavy atom. The van der Waals surface area contributed by atoms with E-state index in [2.05, 4.69) is 10.6 Å². The fraction of sp³-hybridized carbons (Fsp3) is 0.200. The highest BCUT2D eigenvalue weighted by molar-refractivity contribution is 6.03. The molecule has 2 N–H and O–H groups in total. The number of methoxy groups -OCH3 is 1. The molecule has 0 saturated carbocycles. The van der Waals surface area contributed by atoms with Crippen LogP contribution in [0.3, 0.4) is 0 Å². The Kier molecular flexibility index (Phi) is 4.93. The molecule has 0 fully saturated rings. The molecule has 6 nitrogen and oxygen atoms in total. The van der Waals surface area contributed by atoms with Crippen molar-refractivity contribution in [3.05, 3.63) is 53.6 Å². The first-order valence-electron chi connectivity index (χ1n) is 8.21. The second kappa shape index (κ2) is 7.31. The number of amides is 2. The van der Waals surface area contributed by atoms with E-state index in [0.717, 1.165) is 11.1 Å². The summed E-state index contributed by atoms with van der Waals surface area (Å²) < 4.78 is 10.8. The van der Waals surface area contributed by atoms with Crippen molar-refractivity contribution in [2.45, 2.75) is 20.0 Å². The van der Waals surface area contributed by atoms with Crippen molar-refractivity contribution in [3.8, 4) is 11.5 Å². The summed E-state index contributed by atoms with van der Waals surface area (Å²) >= 11 is 0. The van der Waals surface area contributed by atoms with Crippen LogP contribution in [0.15, 0.2) is 42.5 Å². The average molecular weight is 352 g/mol. The second-order valence-electron chi connectivity index (χ2n) is 6.03. The van der Waals surface area contributed by atoms with Crippen molar-refractivity contribution in [2.75, 3.05) is 17.7 Å². The van der Waals surface area contributed by atoms with Gasteiger partial charge in [0.1, 0.15) is 11.5 Å². The molecule has 0 saturated heterocycles. The van der Waals surface area contributed by atoms with E-state index in [1.54, 1.807) is 38.3 Å². The SMILES string of the molecule is COc1ccc(C)cc1/C=C/C(=O)Nc1ccc2c(c1)NC(=O)C(C)O2. The largest absolute Gasteiger partial charge is 0.496 e. The summed E-state index contributed by atoms with van der Waals surface area (Å²) in [5, 5.41) is 5.52. The van der Waals surface area contributed by atoms with E-state index < -0.39 is 6.10 Å². The molecule has 1 aliphatic heterocycles. The molecule has 0 aromatic heterocycles. The lowest BCUT2D eigenvalue weighted by Gasteiger charge is -2.23. The van der Waals surface area contributed by atoms with Crippen LogP contribution in [0.25, 0.3) is 6.08 Å². The highest BCUT2D eigenvalue weighted by Gasteiger charge is 2.23. The Hall–Kier alpha value is -3.28. The number of fused-ring (bicyclic) bond motifs is 1. The first-order valence-corrected chi connectivity index (χ1v) is 8.21. The van der Waals surface area contributed by atoms with Gasteiger partial charge in [-0.25, -0.2) is 0 Å². The number of aryl methyl sites for hydroxylation is 1. The van der Waals surface area contributed by atoms with Crippen LogP contribution in [-0.4, -0.2) is 25.0 Å². The van der Waals surface area contributed by atoms with E-state index >= 15 is 0 Å². The fourth-order valence-electron chi connectivity index (χ4n) is 2.62. The summed E-state index contributed by atoms with van der Waals surface area (Å²) in [6.07, 6.45) is 2.61. The molecule has 2 amide bonds. The smallest absolute Gasteiger partial charge is 0.265 e. The number of hydrogen-bond acceptors (Lipinski definition) is 4. The van der Waals surface area contributed by atoms with Gasteiger partial charge in [-0.3, -0.25) is 9.59 Å². The van der Waals surface area contributed by atoms with E-state index in [9.17, 15) is 9.59 Å². The van der Waals surface area contributed by atoms with E-state index in [-0.39, 0.29) is 11.8 Å². The van der Waals surface area contributed by atoms with E-state index in [1.165, 1.54) is 6.08 Å². The van der Waals surface area contributed by atoms with Crippen molar-refractivity contribution in [3.63, 3.8) is 0 Å². The van der Waals surface area contributed by atoms with Gasteiger partial charge in [0.2, 0.25) is 5.91 Å². The Bertz CT molecular complexity index is 889. The van der Waals surface area contributed by atoms with Crippen LogP contribution in [0.2, 0.25) is 0 Å². The third-order valence-corrected chi connectivity index (χ3v) is 3.98. The second-order valence-corrected chi connectivity index (χ2v) is 6.03. The summed E-state index contributed by atoms with van der Waals surface area (Å²) in [5.41, 5.74) is 3.00. The van der Waals surface area contributed by atoms with E-state index in [4.69, 9.17) is 9.47 Å². The number of carbonyl (C=O) groups is 2. The number of hydrogen-bond donors (Lipinski definition) is 2. The molecule has 0 radical (unpaired) electrons. The van der Waals surface area contributed by atoms with Gasteiger partial charge in [0, 0.05) is 17.3 Å². The minimum atomic E-state index is -0.532. The standard InChI is InChI=1S/C20H20N2O4/c1-12-4-7-17(25-3)14(10-12)5-9-19(23)21-15-6-8-18-16(11-15)22-20(24)13(2)26-18/h4-11,13H,1-3H3,(H,21,23)(H,22,24)/b9-5+. The molecule has 2 aromatic rings. The highest BCUT2D eigenvalue weighted by Crippen LogP contribution is 2.32. The topological polar surface area (TPSA) is 76.7 Å². The zero-order valence-electron chi connectivity index (χ0n) is 14.8. The Morgan fingerprint density at radius 3 is 2.85 bits per heavy atom. The maximum atomic E-state index is 12.2. The molecule has 1 heterocycles. The van der Waals surface area contributed by atoms with Crippen LogP contribution in [0, 0.1) is 6.92 Å². The average Bonchev–Trinajstić information content (AvgIpc) is 2.61. The van der Waals surface area contributed by atoms with Gasteiger partial charge in [-0.1, -0.05) is 11.6 Å². The van der Waals surface area contributed by atoms with Crippen molar-refractivity contribution in [1.29, 1.82) is 0 Å². The molecular weight excluding hydrogens is 332 g/mol. The number of benzene rings is 2. The van der Waals surface area contributed by atoms with Crippen molar-refractivity contribution < 1.29 is 19.1 Å². The van der Waals surface area contributed by atoms with Crippen LogP contribution >= 0.6 is 0 Å². The molecule has 26 heavy (non-hydrogen) atoms. The first-order chi connectivity index (χ1) is 12.5. The molecule has 0 bridgehead atoms. The first kappa shape index (κ1) is 17.5. The molecule has 0 spiro atoms. The van der Waals surface area contributed by atoms with Gasteiger partial charge in [-0.2, -0.15) is 0 Å². The highest BCUT2D eigenvalue weighted by atomic mass is 16.5. The predicted molar refractivity (Wildman–Crippen MR) is 101 cm³/mol. The summed E-state index contributed by atoms with van der Waals surface area (Å²) in [6.45, 7) is 3.65. The maximum Gasteiger partial charge on any atom is 0.265 e. The molecule has 1 aliphatic rings. The molecule has 3 rings (SSSR count). The van der Waals surface area contributed by atoms with Crippen molar-refractivity contribution in [1.82, 2.24) is 0 Å². The number of carbonyl (C=O) groups excluding carboxylic acids is 2.